The first-order valence-corrected chi connectivity index (χ1v) is 9.98. The van der Waals surface area contributed by atoms with Crippen molar-refractivity contribution in [2.75, 3.05) is 7.11 Å². The highest BCUT2D eigenvalue weighted by atomic mass is 16.6. The number of rotatable bonds is 6. The molecule has 0 aromatic heterocycles. The lowest BCUT2D eigenvalue weighted by atomic mass is 10.1. The standard InChI is InChI=1S/C26H23NO4/c1-17-6-4-8-20(12-17)16-30-23-11-10-19(15-24(23)29-3)14-22-26(28)31-25(27-22)21-9-5-7-18(2)13-21/h4-15H,16H2,1-3H3/b22-14-. The van der Waals surface area contributed by atoms with Crippen molar-refractivity contribution >= 4 is 17.9 Å². The maximum atomic E-state index is 12.3. The Labute approximate surface area is 181 Å². The van der Waals surface area contributed by atoms with Gasteiger partial charge in [0.15, 0.2) is 17.2 Å². The molecule has 3 aromatic rings. The van der Waals surface area contributed by atoms with Crippen molar-refractivity contribution in [2.45, 2.75) is 20.5 Å². The number of cyclic esters (lactones) is 1. The molecule has 31 heavy (non-hydrogen) atoms. The zero-order valence-electron chi connectivity index (χ0n) is 17.7. The van der Waals surface area contributed by atoms with Gasteiger partial charge in [-0.3, -0.25) is 0 Å². The van der Waals surface area contributed by atoms with E-state index in [0.717, 1.165) is 22.3 Å². The largest absolute Gasteiger partial charge is 0.493 e. The Hall–Kier alpha value is -3.86. The van der Waals surface area contributed by atoms with Crippen LogP contribution in [0, 0.1) is 13.8 Å². The number of aryl methyl sites for hydroxylation is 2. The molecule has 0 unspecified atom stereocenters. The highest BCUT2D eigenvalue weighted by Crippen LogP contribution is 2.30. The van der Waals surface area contributed by atoms with Crippen molar-refractivity contribution in [1.82, 2.24) is 0 Å². The van der Waals surface area contributed by atoms with Gasteiger partial charge in [-0.2, -0.15) is 0 Å². The number of benzene rings is 3. The van der Waals surface area contributed by atoms with Gasteiger partial charge in [0.2, 0.25) is 5.90 Å². The maximum absolute atomic E-state index is 12.3. The molecule has 1 aliphatic heterocycles. The summed E-state index contributed by atoms with van der Waals surface area (Å²) in [5, 5.41) is 0. The van der Waals surface area contributed by atoms with Gasteiger partial charge in [0.05, 0.1) is 7.11 Å². The number of carbonyl (C=O) groups excluding carboxylic acids is 1. The molecule has 1 heterocycles. The Morgan fingerprint density at radius 1 is 0.935 bits per heavy atom. The predicted molar refractivity (Wildman–Crippen MR) is 120 cm³/mol. The van der Waals surface area contributed by atoms with Crippen LogP contribution in [0.25, 0.3) is 6.08 Å². The van der Waals surface area contributed by atoms with Gasteiger partial charge in [0, 0.05) is 5.56 Å². The van der Waals surface area contributed by atoms with E-state index in [0.29, 0.717) is 24.0 Å². The first-order valence-electron chi connectivity index (χ1n) is 9.98. The van der Waals surface area contributed by atoms with Crippen LogP contribution in [0.3, 0.4) is 0 Å². The van der Waals surface area contributed by atoms with Crippen molar-refractivity contribution in [3.8, 4) is 11.5 Å². The highest BCUT2D eigenvalue weighted by molar-refractivity contribution is 6.12. The first-order chi connectivity index (χ1) is 15.0. The molecule has 0 amide bonds. The van der Waals surface area contributed by atoms with E-state index in [1.54, 1.807) is 13.2 Å². The van der Waals surface area contributed by atoms with Gasteiger partial charge in [-0.15, -0.1) is 0 Å². The van der Waals surface area contributed by atoms with Crippen LogP contribution < -0.4 is 9.47 Å². The first kappa shape index (κ1) is 20.4. The molecule has 5 nitrogen and oxygen atoms in total. The molecule has 1 aliphatic rings. The summed E-state index contributed by atoms with van der Waals surface area (Å²) >= 11 is 0. The molecule has 5 heteroatoms. The summed E-state index contributed by atoms with van der Waals surface area (Å²) in [5.74, 6) is 1.04. The number of carbonyl (C=O) groups is 1. The molecule has 0 saturated heterocycles. The van der Waals surface area contributed by atoms with Gasteiger partial charge in [-0.25, -0.2) is 9.79 Å². The lowest BCUT2D eigenvalue weighted by molar-refractivity contribution is -0.129. The van der Waals surface area contributed by atoms with E-state index in [2.05, 4.69) is 11.1 Å². The Balaban J connectivity index is 1.54. The minimum atomic E-state index is -0.477. The maximum Gasteiger partial charge on any atom is 0.363 e. The minimum Gasteiger partial charge on any atom is -0.493 e. The molecule has 0 radical (unpaired) electrons. The second kappa shape index (κ2) is 8.88. The zero-order chi connectivity index (χ0) is 21.8. The molecule has 0 atom stereocenters. The normalized spacial score (nSPS) is 14.4. The van der Waals surface area contributed by atoms with Crippen LogP contribution in [-0.4, -0.2) is 19.0 Å². The zero-order valence-corrected chi connectivity index (χ0v) is 17.7. The molecular formula is C26H23NO4. The van der Waals surface area contributed by atoms with Gasteiger partial charge in [0.25, 0.3) is 0 Å². The van der Waals surface area contributed by atoms with E-state index in [9.17, 15) is 4.79 Å². The molecule has 0 saturated carbocycles. The number of hydrogen-bond donors (Lipinski definition) is 0. The highest BCUT2D eigenvalue weighted by Gasteiger charge is 2.24. The number of ether oxygens (including phenoxy) is 3. The third-order valence-electron chi connectivity index (χ3n) is 4.85. The van der Waals surface area contributed by atoms with E-state index in [-0.39, 0.29) is 5.70 Å². The minimum absolute atomic E-state index is 0.243. The Morgan fingerprint density at radius 3 is 2.45 bits per heavy atom. The van der Waals surface area contributed by atoms with Crippen LogP contribution in [0.2, 0.25) is 0 Å². The lowest BCUT2D eigenvalue weighted by Gasteiger charge is -2.12. The molecule has 0 fully saturated rings. The Morgan fingerprint density at radius 2 is 1.71 bits per heavy atom. The molecular weight excluding hydrogens is 390 g/mol. The SMILES string of the molecule is COc1cc(/C=C2\N=C(c3cccc(C)c3)OC2=O)ccc1OCc1cccc(C)c1. The number of esters is 1. The average Bonchev–Trinajstić information content (AvgIpc) is 3.13. The van der Waals surface area contributed by atoms with Gasteiger partial charge in [-0.1, -0.05) is 53.6 Å². The summed E-state index contributed by atoms with van der Waals surface area (Å²) in [6.07, 6.45) is 1.68. The van der Waals surface area contributed by atoms with Gasteiger partial charge in [0.1, 0.15) is 6.61 Å². The Kier molecular flexibility index (Phi) is 5.85. The van der Waals surface area contributed by atoms with Crippen LogP contribution >= 0.6 is 0 Å². The number of hydrogen-bond acceptors (Lipinski definition) is 5. The third kappa shape index (κ3) is 4.83. The third-order valence-corrected chi connectivity index (χ3v) is 4.85. The van der Waals surface area contributed by atoms with E-state index in [4.69, 9.17) is 14.2 Å². The molecule has 4 rings (SSSR count). The van der Waals surface area contributed by atoms with Crippen molar-refractivity contribution in [2.24, 2.45) is 4.99 Å². The van der Waals surface area contributed by atoms with E-state index >= 15 is 0 Å². The topological polar surface area (TPSA) is 57.1 Å². The summed E-state index contributed by atoms with van der Waals surface area (Å²) in [6.45, 7) is 4.47. The summed E-state index contributed by atoms with van der Waals surface area (Å²) in [7, 11) is 1.59. The van der Waals surface area contributed by atoms with Gasteiger partial charge >= 0.3 is 5.97 Å². The lowest BCUT2D eigenvalue weighted by Crippen LogP contribution is -2.05. The molecule has 0 spiro atoms. The van der Waals surface area contributed by atoms with Crippen molar-refractivity contribution in [3.63, 3.8) is 0 Å². The average molecular weight is 413 g/mol. The number of nitrogens with zero attached hydrogens (tertiary/aromatic N) is 1. The van der Waals surface area contributed by atoms with Crippen LogP contribution in [0.4, 0.5) is 0 Å². The predicted octanol–water partition coefficient (Wildman–Crippen LogP) is 5.24. The second-order valence-electron chi connectivity index (χ2n) is 7.39. The summed E-state index contributed by atoms with van der Waals surface area (Å²) in [6, 6.07) is 21.3. The summed E-state index contributed by atoms with van der Waals surface area (Å²) in [5.41, 5.74) is 5.12. The molecule has 0 aliphatic carbocycles. The van der Waals surface area contributed by atoms with Gasteiger partial charge < -0.3 is 14.2 Å². The fourth-order valence-corrected chi connectivity index (χ4v) is 3.32. The van der Waals surface area contributed by atoms with Gasteiger partial charge in [-0.05, 0) is 55.3 Å². The van der Waals surface area contributed by atoms with Crippen LogP contribution in [0.15, 0.2) is 77.4 Å². The molecule has 0 N–H and O–H groups in total. The van der Waals surface area contributed by atoms with Crippen LogP contribution in [0.1, 0.15) is 27.8 Å². The smallest absolute Gasteiger partial charge is 0.363 e. The molecule has 0 bridgehead atoms. The fraction of sp³-hybridized carbons (Fsp3) is 0.154. The number of aliphatic imine (C=N–C) groups is 1. The summed E-state index contributed by atoms with van der Waals surface area (Å²) in [4.78, 5) is 16.7. The Bertz CT molecular complexity index is 1190. The second-order valence-corrected chi connectivity index (χ2v) is 7.39. The fourth-order valence-electron chi connectivity index (χ4n) is 3.32. The van der Waals surface area contributed by atoms with Crippen LogP contribution in [-0.2, 0) is 16.1 Å². The quantitative estimate of drug-likeness (QED) is 0.410. The van der Waals surface area contributed by atoms with Crippen LogP contribution in [0.5, 0.6) is 11.5 Å². The van der Waals surface area contributed by atoms with Crippen molar-refractivity contribution in [3.05, 3.63) is 100 Å². The van der Waals surface area contributed by atoms with E-state index in [1.807, 2.05) is 74.5 Å². The molecule has 156 valence electrons. The summed E-state index contributed by atoms with van der Waals surface area (Å²) < 4.78 is 16.8. The van der Waals surface area contributed by atoms with Crippen molar-refractivity contribution < 1.29 is 19.0 Å². The van der Waals surface area contributed by atoms with Crippen molar-refractivity contribution in [1.29, 1.82) is 0 Å². The molecule has 3 aromatic carbocycles. The monoisotopic (exact) mass is 413 g/mol. The van der Waals surface area contributed by atoms with E-state index < -0.39 is 5.97 Å². The number of methoxy groups -OCH3 is 1. The van der Waals surface area contributed by atoms with E-state index in [1.165, 1.54) is 5.56 Å².